The zero-order valence-corrected chi connectivity index (χ0v) is 26.1. The van der Waals surface area contributed by atoms with Crippen LogP contribution in [0.1, 0.15) is 68.5 Å². The molecule has 6 aromatic carbocycles. The second kappa shape index (κ2) is 11.0. The van der Waals surface area contributed by atoms with Crippen LogP contribution < -0.4 is 10.6 Å². The molecule has 1 heterocycles. The van der Waals surface area contributed by atoms with Crippen molar-refractivity contribution in [3.8, 4) is 11.1 Å². The molecule has 1 aromatic heterocycles. The molecule has 0 bridgehead atoms. The van der Waals surface area contributed by atoms with Gasteiger partial charge in [-0.05, 0) is 48.0 Å². The lowest BCUT2D eigenvalue weighted by Crippen LogP contribution is -2.25. The molecule has 2 amide bonds. The number of aromatic nitrogens is 1. The second-order valence-electron chi connectivity index (χ2n) is 12.2. The van der Waals surface area contributed by atoms with E-state index in [9.17, 15) is 24.0 Å². The summed E-state index contributed by atoms with van der Waals surface area (Å²) in [7, 11) is 0. The molecular formula is C42H23N3O5. The molecule has 2 aliphatic carbocycles. The maximum absolute atomic E-state index is 14.4. The van der Waals surface area contributed by atoms with E-state index >= 15 is 0 Å². The molecule has 0 saturated heterocycles. The Morgan fingerprint density at radius 1 is 0.460 bits per heavy atom. The first-order chi connectivity index (χ1) is 24.4. The number of hydrogen-bond donors (Lipinski definition) is 2. The van der Waals surface area contributed by atoms with Crippen molar-refractivity contribution in [2.75, 3.05) is 10.6 Å². The predicted molar refractivity (Wildman–Crippen MR) is 190 cm³/mol. The number of nitrogens with one attached hydrogen (secondary N) is 2. The number of benzene rings is 6. The quantitative estimate of drug-likeness (QED) is 0.187. The number of hydrogen-bond acceptors (Lipinski definition) is 6. The van der Waals surface area contributed by atoms with Crippen LogP contribution in [0, 0.1) is 0 Å². The van der Waals surface area contributed by atoms with Crippen molar-refractivity contribution in [2.45, 2.75) is 0 Å². The first-order valence-electron chi connectivity index (χ1n) is 15.9. The number of pyridine rings is 1. The Bertz CT molecular complexity index is 2680. The molecule has 8 heteroatoms. The first kappa shape index (κ1) is 29.1. The zero-order valence-electron chi connectivity index (χ0n) is 26.1. The van der Waals surface area contributed by atoms with E-state index in [0.29, 0.717) is 49.8 Å². The topological polar surface area (TPSA) is 122 Å². The van der Waals surface area contributed by atoms with Crippen LogP contribution in [0.2, 0.25) is 0 Å². The fourth-order valence-corrected chi connectivity index (χ4v) is 7.10. The average Bonchev–Trinajstić information content (AvgIpc) is 3.16. The summed E-state index contributed by atoms with van der Waals surface area (Å²) < 4.78 is 0. The van der Waals surface area contributed by atoms with Crippen LogP contribution in [0.5, 0.6) is 0 Å². The van der Waals surface area contributed by atoms with Crippen molar-refractivity contribution in [2.24, 2.45) is 0 Å². The van der Waals surface area contributed by atoms with E-state index in [2.05, 4.69) is 10.6 Å². The van der Waals surface area contributed by atoms with E-state index in [1.54, 1.807) is 109 Å². The third-order valence-electron chi connectivity index (χ3n) is 9.34. The van der Waals surface area contributed by atoms with Gasteiger partial charge in [0.25, 0.3) is 11.8 Å². The highest BCUT2D eigenvalue weighted by Gasteiger charge is 2.37. The van der Waals surface area contributed by atoms with Crippen LogP contribution in [0.15, 0.2) is 127 Å². The number of anilines is 2. The number of fused-ring (bicyclic) bond motifs is 7. The molecule has 8 nitrogen and oxygen atoms in total. The van der Waals surface area contributed by atoms with E-state index in [1.807, 2.05) is 18.2 Å². The fourth-order valence-electron chi connectivity index (χ4n) is 7.10. The van der Waals surface area contributed by atoms with Gasteiger partial charge in [0.1, 0.15) is 0 Å². The molecule has 0 saturated carbocycles. The van der Waals surface area contributed by atoms with Gasteiger partial charge in [0.15, 0.2) is 17.3 Å². The smallest absolute Gasteiger partial charge is 0.255 e. The van der Waals surface area contributed by atoms with Gasteiger partial charge in [-0.15, -0.1) is 0 Å². The molecule has 0 atom stereocenters. The Balaban J connectivity index is 1.37. The van der Waals surface area contributed by atoms with Gasteiger partial charge in [0.05, 0.1) is 39.1 Å². The van der Waals surface area contributed by atoms with Crippen molar-refractivity contribution in [1.82, 2.24) is 4.98 Å². The summed E-state index contributed by atoms with van der Waals surface area (Å²) in [6.07, 6.45) is 0. The Kier molecular flexibility index (Phi) is 6.40. The Morgan fingerprint density at radius 3 is 1.54 bits per heavy atom. The van der Waals surface area contributed by atoms with Gasteiger partial charge in [-0.25, -0.2) is 4.98 Å². The highest BCUT2D eigenvalue weighted by molar-refractivity contribution is 6.37. The largest absolute Gasteiger partial charge is 0.321 e. The lowest BCUT2D eigenvalue weighted by molar-refractivity contribution is 0.0979. The van der Waals surface area contributed by atoms with Gasteiger partial charge < -0.3 is 10.6 Å². The Morgan fingerprint density at radius 2 is 0.940 bits per heavy atom. The highest BCUT2D eigenvalue weighted by atomic mass is 16.2. The molecule has 2 aliphatic rings. The number of ketones is 3. The minimum absolute atomic E-state index is 0.0525. The molecule has 0 fully saturated rings. The van der Waals surface area contributed by atoms with E-state index in [1.165, 1.54) is 0 Å². The molecule has 236 valence electrons. The summed E-state index contributed by atoms with van der Waals surface area (Å²) in [5, 5.41) is 6.80. The summed E-state index contributed by atoms with van der Waals surface area (Å²) in [5.74, 6) is -1.95. The van der Waals surface area contributed by atoms with Gasteiger partial charge in [-0.3, -0.25) is 24.0 Å². The molecule has 7 aromatic rings. The second-order valence-corrected chi connectivity index (χ2v) is 12.2. The standard InChI is InChI=1S/C42H23N3O5/c46-38-25-16-8-7-15-24(25)32-28-21-31(45-42(50)23-13-5-2-6-14-23)35-36(40(48)27-18-10-9-17-26(27)39(35)47)37(28)43-29-19-20-30(34(38)33(29)32)44-41(49)22-11-3-1-4-12-22/h1-21H,(H,44,49)(H,45,50). The lowest BCUT2D eigenvalue weighted by Gasteiger charge is -2.26. The normalized spacial score (nSPS) is 12.7. The van der Waals surface area contributed by atoms with E-state index in [4.69, 9.17) is 4.98 Å². The van der Waals surface area contributed by atoms with Crippen molar-refractivity contribution < 1.29 is 24.0 Å². The number of amides is 2. The maximum Gasteiger partial charge on any atom is 0.255 e. The monoisotopic (exact) mass is 649 g/mol. The number of rotatable bonds is 4. The molecule has 0 spiro atoms. The minimum atomic E-state index is -0.462. The van der Waals surface area contributed by atoms with Gasteiger partial charge in [-0.1, -0.05) is 84.9 Å². The van der Waals surface area contributed by atoms with E-state index < -0.39 is 17.5 Å². The third-order valence-corrected chi connectivity index (χ3v) is 9.34. The fraction of sp³-hybridized carbons (Fsp3) is 0. The van der Waals surface area contributed by atoms with Crippen LogP contribution in [0.25, 0.3) is 32.9 Å². The van der Waals surface area contributed by atoms with Crippen molar-refractivity contribution in [3.05, 3.63) is 172 Å². The maximum atomic E-state index is 14.4. The lowest BCUT2D eigenvalue weighted by atomic mass is 9.78. The summed E-state index contributed by atoms with van der Waals surface area (Å²) in [5.41, 5.74) is 4.39. The third kappa shape index (κ3) is 4.25. The molecule has 9 rings (SSSR count). The summed E-state index contributed by atoms with van der Waals surface area (Å²) in [6.45, 7) is 0. The SMILES string of the molecule is O=C(Nc1cc2c3c4c(c(NC(=O)c5ccccc5)ccc4nc2c2c1C(=O)c1ccccc1C2=O)C(=O)c1ccccc1-3)c1ccccc1. The summed E-state index contributed by atoms with van der Waals surface area (Å²) in [4.78, 5) is 74.8. The van der Waals surface area contributed by atoms with E-state index in [0.717, 1.165) is 0 Å². The van der Waals surface area contributed by atoms with Gasteiger partial charge in [-0.2, -0.15) is 0 Å². The minimum Gasteiger partial charge on any atom is -0.321 e. The Hall–Kier alpha value is -7.06. The molecular weight excluding hydrogens is 626 g/mol. The number of carbonyl (C=O) groups excluding carboxylic acids is 5. The van der Waals surface area contributed by atoms with Gasteiger partial charge in [0.2, 0.25) is 0 Å². The van der Waals surface area contributed by atoms with Crippen LogP contribution >= 0.6 is 0 Å². The summed E-state index contributed by atoms with van der Waals surface area (Å²) >= 11 is 0. The molecule has 0 aliphatic heterocycles. The van der Waals surface area contributed by atoms with Gasteiger partial charge in [0, 0.05) is 44.2 Å². The number of carbonyl (C=O) groups is 5. The number of nitrogens with zero attached hydrogens (tertiary/aromatic N) is 1. The van der Waals surface area contributed by atoms with Crippen LogP contribution in [-0.4, -0.2) is 34.1 Å². The average molecular weight is 650 g/mol. The zero-order chi connectivity index (χ0) is 34.1. The molecule has 0 radical (unpaired) electrons. The van der Waals surface area contributed by atoms with Crippen molar-refractivity contribution in [3.63, 3.8) is 0 Å². The van der Waals surface area contributed by atoms with Crippen LogP contribution in [0.3, 0.4) is 0 Å². The molecule has 50 heavy (non-hydrogen) atoms. The summed E-state index contributed by atoms with van der Waals surface area (Å²) in [6, 6.07) is 36.0. The van der Waals surface area contributed by atoms with Crippen molar-refractivity contribution >= 4 is 62.3 Å². The first-order valence-corrected chi connectivity index (χ1v) is 15.9. The molecule has 0 unspecified atom stereocenters. The van der Waals surface area contributed by atoms with Crippen LogP contribution in [0.4, 0.5) is 11.4 Å². The van der Waals surface area contributed by atoms with Gasteiger partial charge >= 0.3 is 0 Å². The highest BCUT2D eigenvalue weighted by Crippen LogP contribution is 2.48. The van der Waals surface area contributed by atoms with Crippen LogP contribution in [-0.2, 0) is 0 Å². The molecule has 2 N–H and O–H groups in total. The van der Waals surface area contributed by atoms with E-state index in [-0.39, 0.29) is 50.7 Å². The Labute approximate surface area is 284 Å². The predicted octanol–water partition coefficient (Wildman–Crippen LogP) is 7.88. The van der Waals surface area contributed by atoms with Crippen molar-refractivity contribution in [1.29, 1.82) is 0 Å².